The molecule has 0 fully saturated rings. The first kappa shape index (κ1) is 11.6. The second-order valence-corrected chi connectivity index (χ2v) is 2.83. The van der Waals surface area contributed by atoms with Crippen LogP contribution in [0.15, 0.2) is 30.6 Å². The van der Waals surface area contributed by atoms with Crippen LogP contribution in [0.25, 0.3) is 5.69 Å². The smallest absolute Gasteiger partial charge is 0.129 e. The van der Waals surface area contributed by atoms with Gasteiger partial charge in [-0.1, -0.05) is 11.3 Å². The van der Waals surface area contributed by atoms with Gasteiger partial charge in [-0.3, -0.25) is 0 Å². The first-order valence-electron chi connectivity index (χ1n) is 4.16. The van der Waals surface area contributed by atoms with E-state index in [0.29, 0.717) is 11.3 Å². The van der Waals surface area contributed by atoms with Gasteiger partial charge in [-0.05, 0) is 12.1 Å². The van der Waals surface area contributed by atoms with E-state index in [-0.39, 0.29) is 24.8 Å². The summed E-state index contributed by atoms with van der Waals surface area (Å²) in [5, 5.41) is 7.39. The first-order chi connectivity index (χ1) is 6.81. The van der Waals surface area contributed by atoms with Gasteiger partial charge in [0.05, 0.1) is 18.1 Å². The van der Waals surface area contributed by atoms with E-state index < -0.39 is 0 Å². The molecule has 0 amide bonds. The molecule has 80 valence electrons. The van der Waals surface area contributed by atoms with Gasteiger partial charge in [0.25, 0.3) is 0 Å². The van der Waals surface area contributed by atoms with Gasteiger partial charge >= 0.3 is 0 Å². The van der Waals surface area contributed by atoms with E-state index in [0.717, 1.165) is 0 Å². The van der Waals surface area contributed by atoms with Gasteiger partial charge in [-0.2, -0.15) is 0 Å². The number of rotatable bonds is 2. The fourth-order valence-electron chi connectivity index (χ4n) is 1.19. The van der Waals surface area contributed by atoms with Crippen molar-refractivity contribution in [1.82, 2.24) is 15.0 Å². The lowest BCUT2D eigenvalue weighted by Crippen LogP contribution is -2.02. The van der Waals surface area contributed by atoms with Crippen LogP contribution < -0.4 is 5.73 Å². The van der Waals surface area contributed by atoms with Gasteiger partial charge < -0.3 is 5.73 Å². The summed E-state index contributed by atoms with van der Waals surface area (Å²) in [6.45, 7) is 0.198. The van der Waals surface area contributed by atoms with Crippen molar-refractivity contribution in [2.45, 2.75) is 6.54 Å². The summed E-state index contributed by atoms with van der Waals surface area (Å²) in [4.78, 5) is 0. The minimum Gasteiger partial charge on any atom is -0.326 e. The molecule has 0 spiro atoms. The fraction of sp³-hybridized carbons (Fsp3) is 0.111. The van der Waals surface area contributed by atoms with Crippen LogP contribution in [0.3, 0.4) is 0 Å². The summed E-state index contributed by atoms with van der Waals surface area (Å²) in [6, 6.07) is 4.78. The molecule has 0 aliphatic rings. The third-order valence-electron chi connectivity index (χ3n) is 1.94. The molecule has 1 aromatic heterocycles. The Morgan fingerprint density at radius 3 is 2.73 bits per heavy atom. The van der Waals surface area contributed by atoms with Gasteiger partial charge in [0, 0.05) is 12.1 Å². The Morgan fingerprint density at radius 1 is 1.40 bits per heavy atom. The maximum absolute atomic E-state index is 13.3. The van der Waals surface area contributed by atoms with Crippen LogP contribution in [0.1, 0.15) is 5.56 Å². The van der Waals surface area contributed by atoms with Crippen LogP contribution in [0.4, 0.5) is 4.39 Å². The molecule has 15 heavy (non-hydrogen) atoms. The van der Waals surface area contributed by atoms with E-state index in [9.17, 15) is 4.39 Å². The normalized spacial score (nSPS) is 9.73. The van der Waals surface area contributed by atoms with Crippen LogP contribution in [-0.4, -0.2) is 15.0 Å². The predicted molar refractivity (Wildman–Crippen MR) is 56.5 cm³/mol. The lowest BCUT2D eigenvalue weighted by Gasteiger charge is -2.03. The van der Waals surface area contributed by atoms with Gasteiger partial charge in [0.2, 0.25) is 0 Å². The Labute approximate surface area is 92.3 Å². The second-order valence-electron chi connectivity index (χ2n) is 2.83. The second kappa shape index (κ2) is 4.86. The topological polar surface area (TPSA) is 56.7 Å². The van der Waals surface area contributed by atoms with E-state index in [1.807, 2.05) is 0 Å². The van der Waals surface area contributed by atoms with Gasteiger partial charge in [-0.25, -0.2) is 9.07 Å². The van der Waals surface area contributed by atoms with Crippen molar-refractivity contribution >= 4 is 12.4 Å². The van der Waals surface area contributed by atoms with Crippen LogP contribution in [0.5, 0.6) is 0 Å². The maximum atomic E-state index is 13.3. The van der Waals surface area contributed by atoms with E-state index in [1.54, 1.807) is 18.3 Å². The minimum atomic E-state index is -0.319. The molecule has 2 rings (SSSR count). The molecule has 2 N–H and O–H groups in total. The van der Waals surface area contributed by atoms with Crippen molar-refractivity contribution in [2.24, 2.45) is 5.73 Å². The van der Waals surface area contributed by atoms with E-state index in [2.05, 4.69) is 10.3 Å². The summed E-state index contributed by atoms with van der Waals surface area (Å²) >= 11 is 0. The SMILES string of the molecule is Cl.NCc1ccc(-n2ccnn2)cc1F. The molecule has 1 aromatic carbocycles. The summed E-state index contributed by atoms with van der Waals surface area (Å²) in [7, 11) is 0. The highest BCUT2D eigenvalue weighted by molar-refractivity contribution is 5.85. The molecule has 0 unspecified atom stereocenters. The van der Waals surface area contributed by atoms with Crippen molar-refractivity contribution in [3.05, 3.63) is 42.0 Å². The molecule has 0 atom stereocenters. The third-order valence-corrected chi connectivity index (χ3v) is 1.94. The van der Waals surface area contributed by atoms with Crippen LogP contribution in [0.2, 0.25) is 0 Å². The summed E-state index contributed by atoms with van der Waals surface area (Å²) in [5.74, 6) is -0.319. The number of hydrogen-bond acceptors (Lipinski definition) is 3. The summed E-state index contributed by atoms with van der Waals surface area (Å²) in [6.07, 6.45) is 3.19. The maximum Gasteiger partial charge on any atom is 0.129 e. The third kappa shape index (κ3) is 2.31. The van der Waals surface area contributed by atoms with Crippen molar-refractivity contribution in [3.63, 3.8) is 0 Å². The van der Waals surface area contributed by atoms with Crippen LogP contribution in [0, 0.1) is 5.82 Å². The number of hydrogen-bond donors (Lipinski definition) is 1. The van der Waals surface area contributed by atoms with Crippen LogP contribution >= 0.6 is 12.4 Å². The van der Waals surface area contributed by atoms with Gasteiger partial charge in [0.15, 0.2) is 0 Å². The molecule has 4 nitrogen and oxygen atoms in total. The number of nitrogens with zero attached hydrogens (tertiary/aromatic N) is 3. The first-order valence-corrected chi connectivity index (χ1v) is 4.16. The molecule has 0 aliphatic carbocycles. The molecule has 0 radical (unpaired) electrons. The molecule has 0 saturated heterocycles. The van der Waals surface area contributed by atoms with Crippen molar-refractivity contribution in [2.75, 3.05) is 0 Å². The zero-order chi connectivity index (χ0) is 9.97. The fourth-order valence-corrected chi connectivity index (χ4v) is 1.19. The average molecular weight is 229 g/mol. The molecule has 6 heteroatoms. The van der Waals surface area contributed by atoms with E-state index in [4.69, 9.17) is 5.73 Å². The molecule has 0 aliphatic heterocycles. The highest BCUT2D eigenvalue weighted by atomic mass is 35.5. The molecule has 1 heterocycles. The van der Waals surface area contributed by atoms with Crippen LogP contribution in [-0.2, 0) is 6.54 Å². The van der Waals surface area contributed by atoms with Gasteiger partial charge in [-0.15, -0.1) is 17.5 Å². The molecule has 0 saturated carbocycles. The van der Waals surface area contributed by atoms with Crippen molar-refractivity contribution in [3.8, 4) is 5.69 Å². The Bertz CT molecular complexity index is 430. The Kier molecular flexibility index (Phi) is 3.76. The number of halogens is 2. The van der Waals surface area contributed by atoms with Gasteiger partial charge in [0.1, 0.15) is 5.82 Å². The van der Waals surface area contributed by atoms with E-state index >= 15 is 0 Å². The molecule has 2 aromatic rings. The van der Waals surface area contributed by atoms with E-state index in [1.165, 1.54) is 16.9 Å². The summed E-state index contributed by atoms with van der Waals surface area (Å²) in [5.41, 5.74) is 6.48. The Morgan fingerprint density at radius 2 is 2.20 bits per heavy atom. The number of benzene rings is 1. The lowest BCUT2D eigenvalue weighted by molar-refractivity contribution is 0.608. The zero-order valence-corrected chi connectivity index (χ0v) is 8.62. The highest BCUT2D eigenvalue weighted by Crippen LogP contribution is 2.12. The molecule has 0 bridgehead atoms. The Hall–Kier alpha value is -1.46. The zero-order valence-electron chi connectivity index (χ0n) is 7.80. The molecular formula is C9H10ClFN4. The largest absolute Gasteiger partial charge is 0.326 e. The monoisotopic (exact) mass is 228 g/mol. The van der Waals surface area contributed by atoms with Crippen molar-refractivity contribution < 1.29 is 4.39 Å². The Balaban J connectivity index is 0.00000112. The minimum absolute atomic E-state index is 0. The quantitative estimate of drug-likeness (QED) is 0.843. The van der Waals surface area contributed by atoms with Crippen molar-refractivity contribution in [1.29, 1.82) is 0 Å². The number of nitrogens with two attached hydrogens (primary N) is 1. The summed E-state index contributed by atoms with van der Waals surface area (Å²) < 4.78 is 14.8. The predicted octanol–water partition coefficient (Wildman–Crippen LogP) is 1.29. The standard InChI is InChI=1S/C9H9FN4.ClH/c10-9-5-8(2-1-7(9)6-11)14-4-3-12-13-14;/h1-5H,6,11H2;1H. The molecular weight excluding hydrogens is 219 g/mol. The average Bonchev–Trinajstić information content (AvgIpc) is 2.70. The lowest BCUT2D eigenvalue weighted by atomic mass is 10.2. The highest BCUT2D eigenvalue weighted by Gasteiger charge is 2.03. The number of aromatic nitrogens is 3.